The number of rotatable bonds is 5. The lowest BCUT2D eigenvalue weighted by Crippen LogP contribution is -2.14. The Morgan fingerprint density at radius 2 is 1.86 bits per heavy atom. The molecule has 1 unspecified atom stereocenters. The average Bonchev–Trinajstić information content (AvgIpc) is 3.07. The maximum Gasteiger partial charge on any atom is 0.316 e. The van der Waals surface area contributed by atoms with Gasteiger partial charge in [-0.05, 0) is 23.1 Å². The lowest BCUT2D eigenvalue weighted by molar-refractivity contribution is -0.139. The maximum atomic E-state index is 11.5. The van der Waals surface area contributed by atoms with Gasteiger partial charge in [0.05, 0.1) is 6.20 Å². The zero-order chi connectivity index (χ0) is 15.4. The Kier molecular flexibility index (Phi) is 4.01. The smallest absolute Gasteiger partial charge is 0.316 e. The maximum absolute atomic E-state index is 11.5. The van der Waals surface area contributed by atoms with Crippen molar-refractivity contribution in [2.24, 2.45) is 0 Å². The van der Waals surface area contributed by atoms with Gasteiger partial charge in [0.2, 0.25) is 5.89 Å². The van der Waals surface area contributed by atoms with E-state index in [2.05, 4.69) is 4.98 Å². The van der Waals surface area contributed by atoms with Crippen LogP contribution in [0.4, 0.5) is 0 Å². The minimum absolute atomic E-state index is 0.234. The van der Waals surface area contributed by atoms with Crippen LogP contribution in [0.1, 0.15) is 17.4 Å². The van der Waals surface area contributed by atoms with E-state index in [1.165, 1.54) is 12.5 Å². The zero-order valence-corrected chi connectivity index (χ0v) is 11.8. The number of benzene rings is 2. The Balaban J connectivity index is 1.88. The summed E-state index contributed by atoms with van der Waals surface area (Å²) >= 11 is 0. The molecule has 4 nitrogen and oxygen atoms in total. The van der Waals surface area contributed by atoms with Crippen LogP contribution in [0.15, 0.2) is 71.5 Å². The third kappa shape index (κ3) is 3.06. The van der Waals surface area contributed by atoms with E-state index in [1.807, 2.05) is 54.6 Å². The quantitative estimate of drug-likeness (QED) is 0.778. The highest BCUT2D eigenvalue weighted by molar-refractivity contribution is 5.75. The summed E-state index contributed by atoms with van der Waals surface area (Å²) in [6.07, 6.45) is 3.20. The number of carboxylic acids is 1. The Morgan fingerprint density at radius 1 is 1.09 bits per heavy atom. The highest BCUT2D eigenvalue weighted by atomic mass is 16.4. The standard InChI is InChI=1S/C18H15NO3/c20-18(21)16(17-19-9-10-22-17)12-13-5-4-8-15(11-13)14-6-2-1-3-7-14/h1-11,16H,12H2,(H,20,21). The number of oxazole rings is 1. The van der Waals surface area contributed by atoms with E-state index in [9.17, 15) is 9.90 Å². The summed E-state index contributed by atoms with van der Waals surface area (Å²) in [5.74, 6) is -1.48. The van der Waals surface area contributed by atoms with Crippen molar-refractivity contribution in [2.45, 2.75) is 12.3 Å². The van der Waals surface area contributed by atoms with Crippen LogP contribution in [0.5, 0.6) is 0 Å². The molecule has 3 aromatic rings. The van der Waals surface area contributed by atoms with Gasteiger partial charge in [0.1, 0.15) is 12.2 Å². The molecule has 3 rings (SSSR count). The first-order valence-corrected chi connectivity index (χ1v) is 7.00. The van der Waals surface area contributed by atoms with Gasteiger partial charge < -0.3 is 9.52 Å². The zero-order valence-electron chi connectivity index (χ0n) is 11.8. The van der Waals surface area contributed by atoms with Crippen molar-refractivity contribution in [1.82, 2.24) is 4.98 Å². The molecular formula is C18H15NO3. The third-order valence-electron chi connectivity index (χ3n) is 3.52. The molecule has 0 saturated carbocycles. The van der Waals surface area contributed by atoms with E-state index in [1.54, 1.807) is 0 Å². The van der Waals surface area contributed by atoms with Crippen LogP contribution in [0, 0.1) is 0 Å². The molecule has 0 aliphatic heterocycles. The highest BCUT2D eigenvalue weighted by Gasteiger charge is 2.24. The summed E-state index contributed by atoms with van der Waals surface area (Å²) in [5.41, 5.74) is 3.11. The minimum atomic E-state index is -0.937. The molecule has 1 aromatic heterocycles. The fourth-order valence-corrected chi connectivity index (χ4v) is 2.43. The van der Waals surface area contributed by atoms with E-state index in [-0.39, 0.29) is 5.89 Å². The monoisotopic (exact) mass is 293 g/mol. The van der Waals surface area contributed by atoms with E-state index in [0.717, 1.165) is 16.7 Å². The second-order valence-electron chi connectivity index (χ2n) is 5.03. The summed E-state index contributed by atoms with van der Waals surface area (Å²) in [4.78, 5) is 15.4. The van der Waals surface area contributed by atoms with Gasteiger partial charge in [-0.15, -0.1) is 0 Å². The molecule has 22 heavy (non-hydrogen) atoms. The van der Waals surface area contributed by atoms with Gasteiger partial charge in [-0.25, -0.2) is 4.98 Å². The Morgan fingerprint density at radius 3 is 2.55 bits per heavy atom. The first-order valence-electron chi connectivity index (χ1n) is 7.00. The fourth-order valence-electron chi connectivity index (χ4n) is 2.43. The van der Waals surface area contributed by atoms with Crippen molar-refractivity contribution in [3.05, 3.63) is 78.5 Å². The lowest BCUT2D eigenvalue weighted by Gasteiger charge is -2.10. The topological polar surface area (TPSA) is 63.3 Å². The number of nitrogens with zero attached hydrogens (tertiary/aromatic N) is 1. The number of carboxylic acid groups (broad SMARTS) is 1. The molecule has 4 heteroatoms. The summed E-state index contributed by atoms with van der Waals surface area (Å²) < 4.78 is 5.15. The van der Waals surface area contributed by atoms with Crippen LogP contribution in [-0.4, -0.2) is 16.1 Å². The van der Waals surface area contributed by atoms with Crippen molar-refractivity contribution < 1.29 is 14.3 Å². The van der Waals surface area contributed by atoms with Crippen molar-refractivity contribution >= 4 is 5.97 Å². The second kappa shape index (κ2) is 6.26. The van der Waals surface area contributed by atoms with E-state index in [0.29, 0.717) is 6.42 Å². The molecular weight excluding hydrogens is 278 g/mol. The third-order valence-corrected chi connectivity index (χ3v) is 3.52. The summed E-state index contributed by atoms with van der Waals surface area (Å²) in [7, 11) is 0. The Bertz CT molecular complexity index is 751. The van der Waals surface area contributed by atoms with Gasteiger partial charge in [0.15, 0.2) is 0 Å². The normalized spacial score (nSPS) is 12.0. The second-order valence-corrected chi connectivity index (χ2v) is 5.03. The first-order chi connectivity index (χ1) is 10.7. The van der Waals surface area contributed by atoms with Crippen LogP contribution >= 0.6 is 0 Å². The van der Waals surface area contributed by atoms with Gasteiger partial charge in [-0.3, -0.25) is 4.79 Å². The van der Waals surface area contributed by atoms with E-state index >= 15 is 0 Å². The van der Waals surface area contributed by atoms with E-state index in [4.69, 9.17) is 4.42 Å². The highest BCUT2D eigenvalue weighted by Crippen LogP contribution is 2.24. The predicted molar refractivity (Wildman–Crippen MR) is 82.5 cm³/mol. The van der Waals surface area contributed by atoms with Crippen molar-refractivity contribution in [3.63, 3.8) is 0 Å². The first kappa shape index (κ1) is 14.1. The molecule has 0 spiro atoms. The molecule has 1 N–H and O–H groups in total. The Hall–Kier alpha value is -2.88. The van der Waals surface area contributed by atoms with Crippen LogP contribution in [0.2, 0.25) is 0 Å². The van der Waals surface area contributed by atoms with Crippen LogP contribution in [0.25, 0.3) is 11.1 Å². The van der Waals surface area contributed by atoms with Gasteiger partial charge in [-0.2, -0.15) is 0 Å². The molecule has 110 valence electrons. The predicted octanol–water partition coefficient (Wildman–Crippen LogP) is 3.75. The van der Waals surface area contributed by atoms with Gasteiger partial charge in [0.25, 0.3) is 0 Å². The Labute approximate surface area is 128 Å². The summed E-state index contributed by atoms with van der Waals surface area (Å²) in [6.45, 7) is 0. The van der Waals surface area contributed by atoms with E-state index < -0.39 is 11.9 Å². The van der Waals surface area contributed by atoms with Crippen molar-refractivity contribution in [3.8, 4) is 11.1 Å². The molecule has 0 fully saturated rings. The minimum Gasteiger partial charge on any atom is -0.481 e. The summed E-state index contributed by atoms with van der Waals surface area (Å²) in [6, 6.07) is 17.9. The van der Waals surface area contributed by atoms with Gasteiger partial charge in [0, 0.05) is 0 Å². The fraction of sp³-hybridized carbons (Fsp3) is 0.111. The number of hydrogen-bond donors (Lipinski definition) is 1. The number of carbonyl (C=O) groups is 1. The molecule has 1 atom stereocenters. The van der Waals surface area contributed by atoms with Crippen LogP contribution < -0.4 is 0 Å². The molecule has 1 heterocycles. The van der Waals surface area contributed by atoms with Crippen LogP contribution in [0.3, 0.4) is 0 Å². The number of aromatic nitrogens is 1. The van der Waals surface area contributed by atoms with Crippen LogP contribution in [-0.2, 0) is 11.2 Å². The molecule has 0 radical (unpaired) electrons. The molecule has 0 aliphatic rings. The van der Waals surface area contributed by atoms with Crippen molar-refractivity contribution in [1.29, 1.82) is 0 Å². The molecule has 2 aromatic carbocycles. The van der Waals surface area contributed by atoms with Crippen molar-refractivity contribution in [2.75, 3.05) is 0 Å². The molecule has 0 aliphatic carbocycles. The number of aliphatic carboxylic acids is 1. The average molecular weight is 293 g/mol. The van der Waals surface area contributed by atoms with Gasteiger partial charge >= 0.3 is 5.97 Å². The molecule has 0 saturated heterocycles. The molecule has 0 amide bonds. The number of hydrogen-bond acceptors (Lipinski definition) is 3. The SMILES string of the molecule is O=C(O)C(Cc1cccc(-c2ccccc2)c1)c1ncco1. The largest absolute Gasteiger partial charge is 0.481 e. The lowest BCUT2D eigenvalue weighted by atomic mass is 9.96. The molecule has 0 bridgehead atoms. The summed E-state index contributed by atoms with van der Waals surface area (Å²) in [5, 5.41) is 9.39. The van der Waals surface area contributed by atoms with Gasteiger partial charge in [-0.1, -0.05) is 54.6 Å².